The number of carbonyl (C=O) groups is 1. The van der Waals surface area contributed by atoms with Crippen LogP contribution in [0.4, 0.5) is 4.79 Å². The molecule has 0 spiro atoms. The standard InChI is InChI=1S/C11H19N3O/c1-2-3-8-13-10(15)14-11(9-12)6-4-5-7-11/h2-8H2,1H3,(H2,13,14,15). The van der Waals surface area contributed by atoms with E-state index in [-0.39, 0.29) is 6.03 Å². The lowest BCUT2D eigenvalue weighted by Crippen LogP contribution is -2.49. The van der Waals surface area contributed by atoms with Crippen LogP contribution in [0.1, 0.15) is 45.4 Å². The molecule has 0 heterocycles. The number of carbonyl (C=O) groups excluding carboxylic acids is 1. The summed E-state index contributed by atoms with van der Waals surface area (Å²) in [6.07, 6.45) is 5.66. The highest BCUT2D eigenvalue weighted by Gasteiger charge is 2.35. The van der Waals surface area contributed by atoms with Gasteiger partial charge in [-0.3, -0.25) is 0 Å². The fraction of sp³-hybridized carbons (Fsp3) is 0.818. The summed E-state index contributed by atoms with van der Waals surface area (Å²) in [5.74, 6) is 0. The summed E-state index contributed by atoms with van der Waals surface area (Å²) in [7, 11) is 0. The first-order valence-electron chi connectivity index (χ1n) is 5.70. The van der Waals surface area contributed by atoms with Crippen molar-refractivity contribution in [2.24, 2.45) is 0 Å². The van der Waals surface area contributed by atoms with Gasteiger partial charge >= 0.3 is 6.03 Å². The molecule has 0 saturated heterocycles. The van der Waals surface area contributed by atoms with Crippen molar-refractivity contribution in [3.05, 3.63) is 0 Å². The van der Waals surface area contributed by atoms with E-state index < -0.39 is 5.54 Å². The zero-order chi connectivity index (χ0) is 11.1. The van der Waals surface area contributed by atoms with Crippen molar-refractivity contribution >= 4 is 6.03 Å². The van der Waals surface area contributed by atoms with Gasteiger partial charge in [-0.05, 0) is 32.1 Å². The Labute approximate surface area is 91.0 Å². The predicted octanol–water partition coefficient (Wildman–Crippen LogP) is 1.92. The van der Waals surface area contributed by atoms with Crippen LogP contribution in [-0.4, -0.2) is 18.1 Å². The molecular formula is C11H19N3O. The minimum atomic E-state index is -0.601. The molecule has 0 bridgehead atoms. The molecule has 0 aromatic rings. The van der Waals surface area contributed by atoms with Gasteiger partial charge in [0, 0.05) is 6.54 Å². The minimum absolute atomic E-state index is 0.202. The van der Waals surface area contributed by atoms with E-state index in [9.17, 15) is 4.79 Å². The zero-order valence-corrected chi connectivity index (χ0v) is 9.31. The number of hydrogen-bond donors (Lipinski definition) is 2. The van der Waals surface area contributed by atoms with Gasteiger partial charge < -0.3 is 10.6 Å². The number of nitriles is 1. The Morgan fingerprint density at radius 3 is 2.67 bits per heavy atom. The molecule has 0 aromatic heterocycles. The van der Waals surface area contributed by atoms with Crippen LogP contribution in [-0.2, 0) is 0 Å². The molecule has 0 radical (unpaired) electrons. The van der Waals surface area contributed by atoms with Gasteiger partial charge in [0.1, 0.15) is 5.54 Å². The zero-order valence-electron chi connectivity index (χ0n) is 9.31. The molecule has 15 heavy (non-hydrogen) atoms. The molecule has 0 aliphatic heterocycles. The van der Waals surface area contributed by atoms with Crippen LogP contribution in [0.15, 0.2) is 0 Å². The van der Waals surface area contributed by atoms with Crippen molar-refractivity contribution < 1.29 is 4.79 Å². The summed E-state index contributed by atoms with van der Waals surface area (Å²) in [6, 6.07) is 2.02. The molecule has 0 aromatic carbocycles. The van der Waals surface area contributed by atoms with Crippen LogP contribution in [0.25, 0.3) is 0 Å². The highest BCUT2D eigenvalue weighted by Crippen LogP contribution is 2.28. The van der Waals surface area contributed by atoms with E-state index in [1.807, 2.05) is 0 Å². The monoisotopic (exact) mass is 209 g/mol. The molecule has 84 valence electrons. The third kappa shape index (κ3) is 3.43. The Bertz CT molecular complexity index is 251. The van der Waals surface area contributed by atoms with Crippen LogP contribution in [0.2, 0.25) is 0 Å². The second-order valence-corrected chi connectivity index (χ2v) is 4.14. The fourth-order valence-corrected chi connectivity index (χ4v) is 1.88. The normalized spacial score (nSPS) is 18.1. The Kier molecular flexibility index (Phi) is 4.41. The lowest BCUT2D eigenvalue weighted by Gasteiger charge is -2.22. The predicted molar refractivity (Wildman–Crippen MR) is 58.3 cm³/mol. The van der Waals surface area contributed by atoms with Gasteiger partial charge in [0.15, 0.2) is 0 Å². The second-order valence-electron chi connectivity index (χ2n) is 4.14. The van der Waals surface area contributed by atoms with E-state index in [4.69, 9.17) is 5.26 Å². The largest absolute Gasteiger partial charge is 0.338 e. The maximum absolute atomic E-state index is 11.5. The average Bonchev–Trinajstić information content (AvgIpc) is 2.67. The third-order valence-corrected chi connectivity index (χ3v) is 2.84. The maximum Gasteiger partial charge on any atom is 0.316 e. The van der Waals surface area contributed by atoms with E-state index in [1.165, 1.54) is 0 Å². The van der Waals surface area contributed by atoms with Gasteiger partial charge in [-0.25, -0.2) is 4.79 Å². The number of nitrogens with zero attached hydrogens (tertiary/aromatic N) is 1. The van der Waals surface area contributed by atoms with Crippen LogP contribution in [0.3, 0.4) is 0 Å². The smallest absolute Gasteiger partial charge is 0.316 e. The van der Waals surface area contributed by atoms with Gasteiger partial charge in [-0.2, -0.15) is 5.26 Å². The van der Waals surface area contributed by atoms with Crippen molar-refractivity contribution in [3.8, 4) is 6.07 Å². The molecule has 2 N–H and O–H groups in total. The molecular weight excluding hydrogens is 190 g/mol. The van der Waals surface area contributed by atoms with Crippen LogP contribution >= 0.6 is 0 Å². The maximum atomic E-state index is 11.5. The molecule has 1 aliphatic carbocycles. The van der Waals surface area contributed by atoms with E-state index in [1.54, 1.807) is 0 Å². The van der Waals surface area contributed by atoms with Crippen molar-refractivity contribution in [1.29, 1.82) is 5.26 Å². The minimum Gasteiger partial charge on any atom is -0.338 e. The first kappa shape index (κ1) is 11.8. The number of amides is 2. The summed E-state index contributed by atoms with van der Waals surface area (Å²) >= 11 is 0. The van der Waals surface area contributed by atoms with E-state index in [2.05, 4.69) is 23.6 Å². The van der Waals surface area contributed by atoms with Crippen molar-refractivity contribution in [2.45, 2.75) is 51.0 Å². The highest BCUT2D eigenvalue weighted by molar-refractivity contribution is 5.75. The summed E-state index contributed by atoms with van der Waals surface area (Å²) < 4.78 is 0. The van der Waals surface area contributed by atoms with Crippen LogP contribution < -0.4 is 10.6 Å². The summed E-state index contributed by atoms with van der Waals surface area (Å²) in [4.78, 5) is 11.5. The Morgan fingerprint density at radius 1 is 1.47 bits per heavy atom. The third-order valence-electron chi connectivity index (χ3n) is 2.84. The van der Waals surface area contributed by atoms with Gasteiger partial charge in [0.2, 0.25) is 0 Å². The van der Waals surface area contributed by atoms with Crippen molar-refractivity contribution in [3.63, 3.8) is 0 Å². The topological polar surface area (TPSA) is 64.9 Å². The number of urea groups is 1. The van der Waals surface area contributed by atoms with Gasteiger partial charge in [0.25, 0.3) is 0 Å². The van der Waals surface area contributed by atoms with E-state index in [0.717, 1.165) is 38.5 Å². The first-order valence-corrected chi connectivity index (χ1v) is 5.70. The highest BCUT2D eigenvalue weighted by atomic mass is 16.2. The summed E-state index contributed by atoms with van der Waals surface area (Å²) in [6.45, 7) is 2.76. The molecule has 1 saturated carbocycles. The Balaban J connectivity index is 2.33. The Hall–Kier alpha value is -1.24. The fourth-order valence-electron chi connectivity index (χ4n) is 1.88. The van der Waals surface area contributed by atoms with E-state index >= 15 is 0 Å². The SMILES string of the molecule is CCCCNC(=O)NC1(C#N)CCCC1. The molecule has 1 fully saturated rings. The summed E-state index contributed by atoms with van der Waals surface area (Å²) in [5, 5.41) is 14.6. The van der Waals surface area contributed by atoms with Crippen LogP contribution in [0, 0.1) is 11.3 Å². The number of rotatable bonds is 4. The second kappa shape index (κ2) is 5.59. The lowest BCUT2D eigenvalue weighted by molar-refractivity contribution is 0.232. The quantitative estimate of drug-likeness (QED) is 0.695. The summed E-state index contributed by atoms with van der Waals surface area (Å²) in [5.41, 5.74) is -0.601. The van der Waals surface area contributed by atoms with E-state index in [0.29, 0.717) is 6.54 Å². The molecule has 0 unspecified atom stereocenters. The number of nitrogens with one attached hydrogen (secondary N) is 2. The average molecular weight is 209 g/mol. The molecule has 4 nitrogen and oxygen atoms in total. The molecule has 2 amide bonds. The van der Waals surface area contributed by atoms with Crippen molar-refractivity contribution in [1.82, 2.24) is 10.6 Å². The number of unbranched alkanes of at least 4 members (excludes halogenated alkanes) is 1. The molecule has 0 atom stereocenters. The van der Waals surface area contributed by atoms with Gasteiger partial charge in [-0.1, -0.05) is 13.3 Å². The molecule has 4 heteroatoms. The van der Waals surface area contributed by atoms with Gasteiger partial charge in [-0.15, -0.1) is 0 Å². The van der Waals surface area contributed by atoms with Crippen molar-refractivity contribution in [2.75, 3.05) is 6.54 Å². The Morgan fingerprint density at radius 2 is 2.13 bits per heavy atom. The van der Waals surface area contributed by atoms with Crippen LogP contribution in [0.5, 0.6) is 0 Å². The molecule has 1 aliphatic rings. The van der Waals surface area contributed by atoms with Gasteiger partial charge in [0.05, 0.1) is 6.07 Å². The lowest BCUT2D eigenvalue weighted by atomic mass is 10.0. The first-order chi connectivity index (χ1) is 7.22. The molecule has 1 rings (SSSR count). The number of hydrogen-bond acceptors (Lipinski definition) is 2.